The smallest absolute Gasteiger partial charge is 0.325 e. The number of benzene rings is 2. The fourth-order valence-electron chi connectivity index (χ4n) is 2.82. The first-order valence-electron chi connectivity index (χ1n) is 8.81. The second-order valence-electron chi connectivity index (χ2n) is 6.75. The number of aryl methyl sites for hydroxylation is 2. The van der Waals surface area contributed by atoms with Gasteiger partial charge in [-0.2, -0.15) is 0 Å². The fourth-order valence-corrected chi connectivity index (χ4v) is 2.82. The molecule has 2 aromatic rings. The average molecular weight is 367 g/mol. The number of nitrogens with one attached hydrogen (secondary N) is 1. The molecule has 1 N–H and O–H groups in total. The number of hydrogen-bond donors (Lipinski definition) is 1. The van der Waals surface area contributed by atoms with E-state index in [-0.39, 0.29) is 24.8 Å². The number of amides is 1. The lowest BCUT2D eigenvalue weighted by Gasteiger charge is -2.13. The SMILES string of the molecule is Cc1cccc(C(=O)NCC(=O)OCC(=O)c2cc(C)c(C)c(C)c2C)c1. The molecule has 0 aliphatic rings. The van der Waals surface area contributed by atoms with Gasteiger partial charge in [-0.05, 0) is 75.1 Å². The van der Waals surface area contributed by atoms with Crippen molar-refractivity contribution in [2.75, 3.05) is 13.2 Å². The maximum absolute atomic E-state index is 12.4. The zero-order chi connectivity index (χ0) is 20.1. The van der Waals surface area contributed by atoms with Gasteiger partial charge in [-0.15, -0.1) is 0 Å². The van der Waals surface area contributed by atoms with E-state index in [4.69, 9.17) is 4.74 Å². The Kier molecular flexibility index (Phi) is 6.50. The minimum absolute atomic E-state index is 0.253. The molecule has 0 heterocycles. The number of rotatable bonds is 6. The second-order valence-corrected chi connectivity index (χ2v) is 6.75. The summed E-state index contributed by atoms with van der Waals surface area (Å²) in [5, 5.41) is 2.50. The summed E-state index contributed by atoms with van der Waals surface area (Å²) in [6.45, 7) is 9.08. The van der Waals surface area contributed by atoms with Crippen LogP contribution in [-0.4, -0.2) is 30.8 Å². The van der Waals surface area contributed by atoms with Crippen molar-refractivity contribution in [3.05, 3.63) is 69.3 Å². The molecule has 0 aliphatic heterocycles. The Hall–Kier alpha value is -2.95. The van der Waals surface area contributed by atoms with Crippen molar-refractivity contribution in [3.8, 4) is 0 Å². The number of ether oxygens (including phenoxy) is 1. The van der Waals surface area contributed by atoms with Gasteiger partial charge in [0.2, 0.25) is 5.78 Å². The van der Waals surface area contributed by atoms with E-state index in [1.165, 1.54) is 0 Å². The summed E-state index contributed by atoms with van der Waals surface area (Å²) in [6, 6.07) is 8.88. The van der Waals surface area contributed by atoms with Crippen LogP contribution < -0.4 is 5.32 Å². The molecule has 2 aromatic carbocycles. The normalized spacial score (nSPS) is 10.4. The number of hydrogen-bond acceptors (Lipinski definition) is 4. The quantitative estimate of drug-likeness (QED) is 0.627. The summed E-state index contributed by atoms with van der Waals surface area (Å²) in [5.74, 6) is -1.26. The maximum Gasteiger partial charge on any atom is 0.325 e. The van der Waals surface area contributed by atoms with Crippen molar-refractivity contribution in [2.45, 2.75) is 34.6 Å². The summed E-state index contributed by atoms with van der Waals surface area (Å²) >= 11 is 0. The van der Waals surface area contributed by atoms with Crippen LogP contribution in [0.5, 0.6) is 0 Å². The number of ketones is 1. The molecule has 1 amide bonds. The van der Waals surface area contributed by atoms with Gasteiger partial charge in [0.25, 0.3) is 5.91 Å². The molecule has 2 rings (SSSR count). The van der Waals surface area contributed by atoms with Crippen LogP contribution in [0.15, 0.2) is 30.3 Å². The fraction of sp³-hybridized carbons (Fsp3) is 0.318. The van der Waals surface area contributed by atoms with Gasteiger partial charge in [0.1, 0.15) is 6.54 Å². The van der Waals surface area contributed by atoms with E-state index in [1.807, 2.05) is 46.8 Å². The molecule has 0 atom stereocenters. The Balaban J connectivity index is 1.90. The number of esters is 1. The molecule has 5 nitrogen and oxygen atoms in total. The summed E-state index contributed by atoms with van der Waals surface area (Å²) in [6.07, 6.45) is 0. The molecule has 27 heavy (non-hydrogen) atoms. The lowest BCUT2D eigenvalue weighted by molar-refractivity contribution is -0.141. The predicted octanol–water partition coefficient (Wildman–Crippen LogP) is 3.38. The Morgan fingerprint density at radius 1 is 0.926 bits per heavy atom. The summed E-state index contributed by atoms with van der Waals surface area (Å²) in [4.78, 5) is 36.3. The molecule has 0 saturated carbocycles. The van der Waals surface area contributed by atoms with Crippen LogP contribution in [0.4, 0.5) is 0 Å². The second kappa shape index (κ2) is 8.62. The first-order valence-corrected chi connectivity index (χ1v) is 8.81. The molecule has 0 aromatic heterocycles. The average Bonchev–Trinajstić information content (AvgIpc) is 2.65. The third-order valence-electron chi connectivity index (χ3n) is 4.82. The Morgan fingerprint density at radius 2 is 1.63 bits per heavy atom. The van der Waals surface area contributed by atoms with Gasteiger partial charge >= 0.3 is 5.97 Å². The van der Waals surface area contributed by atoms with E-state index in [1.54, 1.807) is 18.2 Å². The van der Waals surface area contributed by atoms with Crippen molar-refractivity contribution in [1.82, 2.24) is 5.32 Å². The van der Waals surface area contributed by atoms with Gasteiger partial charge in [0.05, 0.1) is 0 Å². The van der Waals surface area contributed by atoms with Crippen molar-refractivity contribution in [3.63, 3.8) is 0 Å². The lowest BCUT2D eigenvalue weighted by Crippen LogP contribution is -2.31. The predicted molar refractivity (Wildman–Crippen MR) is 104 cm³/mol. The van der Waals surface area contributed by atoms with Crippen molar-refractivity contribution >= 4 is 17.7 Å². The maximum atomic E-state index is 12.4. The van der Waals surface area contributed by atoms with Gasteiger partial charge < -0.3 is 10.1 Å². The van der Waals surface area contributed by atoms with E-state index < -0.39 is 5.97 Å². The first kappa shape index (κ1) is 20.4. The molecule has 0 aliphatic carbocycles. The van der Waals surface area contributed by atoms with E-state index in [9.17, 15) is 14.4 Å². The van der Waals surface area contributed by atoms with Crippen LogP contribution in [0, 0.1) is 34.6 Å². The van der Waals surface area contributed by atoms with E-state index in [0.717, 1.165) is 27.8 Å². The van der Waals surface area contributed by atoms with Crippen LogP contribution in [0.1, 0.15) is 48.5 Å². The van der Waals surface area contributed by atoms with Gasteiger partial charge in [-0.25, -0.2) is 0 Å². The van der Waals surface area contributed by atoms with Crippen molar-refractivity contribution in [2.24, 2.45) is 0 Å². The number of carbonyl (C=O) groups is 3. The van der Waals surface area contributed by atoms with E-state index >= 15 is 0 Å². The van der Waals surface area contributed by atoms with Crippen LogP contribution in [-0.2, 0) is 9.53 Å². The number of Topliss-reactive ketones (excluding diaryl/α,β-unsaturated/α-hetero) is 1. The molecule has 0 spiro atoms. The highest BCUT2D eigenvalue weighted by atomic mass is 16.5. The van der Waals surface area contributed by atoms with E-state index in [0.29, 0.717) is 11.1 Å². The van der Waals surface area contributed by atoms with Gasteiger partial charge in [0, 0.05) is 11.1 Å². The van der Waals surface area contributed by atoms with Crippen molar-refractivity contribution < 1.29 is 19.1 Å². The monoisotopic (exact) mass is 367 g/mol. The molecule has 5 heteroatoms. The lowest BCUT2D eigenvalue weighted by atomic mass is 9.93. The minimum Gasteiger partial charge on any atom is -0.456 e. The first-order chi connectivity index (χ1) is 12.7. The Morgan fingerprint density at radius 3 is 2.30 bits per heavy atom. The zero-order valence-electron chi connectivity index (χ0n) is 16.4. The molecular weight excluding hydrogens is 342 g/mol. The third kappa shape index (κ3) is 5.03. The highest BCUT2D eigenvalue weighted by molar-refractivity contribution is 6.00. The van der Waals surface area contributed by atoms with Gasteiger partial charge in [-0.3, -0.25) is 14.4 Å². The summed E-state index contributed by atoms with van der Waals surface area (Å²) < 4.78 is 5.03. The van der Waals surface area contributed by atoms with Crippen LogP contribution >= 0.6 is 0 Å². The standard InChI is InChI=1S/C22H25NO4/c1-13-7-6-8-18(9-13)22(26)23-11-21(25)27-12-20(24)19-10-14(2)15(3)16(4)17(19)5/h6-10H,11-12H2,1-5H3,(H,23,26). The topological polar surface area (TPSA) is 72.5 Å². The molecule has 0 fully saturated rings. The third-order valence-corrected chi connectivity index (χ3v) is 4.82. The largest absolute Gasteiger partial charge is 0.456 e. The molecular formula is C22H25NO4. The molecule has 0 saturated heterocycles. The van der Waals surface area contributed by atoms with Crippen LogP contribution in [0.25, 0.3) is 0 Å². The summed E-state index contributed by atoms with van der Waals surface area (Å²) in [5.41, 5.74) is 6.13. The van der Waals surface area contributed by atoms with Crippen LogP contribution in [0.2, 0.25) is 0 Å². The highest BCUT2D eigenvalue weighted by Crippen LogP contribution is 2.21. The summed E-state index contributed by atoms with van der Waals surface area (Å²) in [7, 11) is 0. The van der Waals surface area contributed by atoms with Gasteiger partial charge in [0.15, 0.2) is 6.61 Å². The van der Waals surface area contributed by atoms with Crippen LogP contribution in [0.3, 0.4) is 0 Å². The number of carbonyl (C=O) groups excluding carboxylic acids is 3. The zero-order valence-corrected chi connectivity index (χ0v) is 16.4. The van der Waals surface area contributed by atoms with Gasteiger partial charge in [-0.1, -0.05) is 17.7 Å². The minimum atomic E-state index is -0.650. The van der Waals surface area contributed by atoms with E-state index in [2.05, 4.69) is 5.32 Å². The molecule has 0 unspecified atom stereocenters. The highest BCUT2D eigenvalue weighted by Gasteiger charge is 2.16. The molecule has 0 bridgehead atoms. The Bertz CT molecular complexity index is 899. The molecule has 0 radical (unpaired) electrons. The van der Waals surface area contributed by atoms with Crippen molar-refractivity contribution in [1.29, 1.82) is 0 Å². The molecule has 142 valence electrons. The Labute approximate surface area is 159 Å².